The fraction of sp³-hybridized carbons (Fsp3) is 0.421. The molecule has 3 heterocycles. The van der Waals surface area contributed by atoms with E-state index in [1.54, 1.807) is 18.2 Å². The number of rotatable bonds is 2. The molecule has 1 aromatic heterocycles. The summed E-state index contributed by atoms with van der Waals surface area (Å²) in [5, 5.41) is 28.2. The number of carbonyl (C=O) groups is 1. The summed E-state index contributed by atoms with van der Waals surface area (Å²) in [5.41, 5.74) is -2.00. The number of carbonyl (C=O) groups excluding carboxylic acids is 1. The van der Waals surface area contributed by atoms with E-state index in [9.17, 15) is 23.1 Å². The van der Waals surface area contributed by atoms with Crippen molar-refractivity contribution in [1.29, 1.82) is 5.26 Å². The van der Waals surface area contributed by atoms with Gasteiger partial charge < -0.3 is 15.3 Å². The Morgan fingerprint density at radius 1 is 1.31 bits per heavy atom. The largest absolute Gasteiger partial charge is 0.422 e. The number of hydrogen-bond donors (Lipinski definition) is 3. The Hall–Kier alpha value is -3.06. The van der Waals surface area contributed by atoms with Crippen LogP contribution in [0.1, 0.15) is 42.0 Å². The molecule has 2 aliphatic heterocycles. The van der Waals surface area contributed by atoms with E-state index in [-0.39, 0.29) is 23.0 Å². The molecule has 0 saturated carbocycles. The molecule has 0 radical (unpaired) electrons. The van der Waals surface area contributed by atoms with Gasteiger partial charge in [-0.15, -0.1) is 0 Å². The second-order valence-electron chi connectivity index (χ2n) is 7.37. The first-order chi connectivity index (χ1) is 13.7. The minimum absolute atomic E-state index is 0.213. The Morgan fingerprint density at radius 2 is 2.03 bits per heavy atom. The molecule has 3 N–H and O–H groups in total. The predicted molar refractivity (Wildman–Crippen MR) is 97.1 cm³/mol. The number of nitrogens with zero attached hydrogens (tertiary/aromatic N) is 3. The van der Waals surface area contributed by atoms with Crippen molar-refractivity contribution in [2.45, 2.75) is 37.0 Å². The normalized spacial score (nSPS) is 22.7. The Bertz CT molecular complexity index is 988. The van der Waals surface area contributed by atoms with E-state index < -0.39 is 24.1 Å². The number of fused-ring (bicyclic) bond motifs is 1. The van der Waals surface area contributed by atoms with E-state index in [2.05, 4.69) is 26.5 Å². The van der Waals surface area contributed by atoms with Crippen molar-refractivity contribution in [2.24, 2.45) is 0 Å². The van der Waals surface area contributed by atoms with Crippen LogP contribution in [-0.2, 0) is 10.4 Å². The summed E-state index contributed by atoms with van der Waals surface area (Å²) in [6, 6.07) is 9.25. The highest BCUT2D eigenvalue weighted by molar-refractivity contribution is 5.94. The van der Waals surface area contributed by atoms with Crippen molar-refractivity contribution >= 4 is 17.4 Å². The van der Waals surface area contributed by atoms with Gasteiger partial charge in [0, 0.05) is 30.4 Å². The number of nitrogens with one attached hydrogen (secondary N) is 2. The van der Waals surface area contributed by atoms with Crippen molar-refractivity contribution in [3.8, 4) is 6.07 Å². The number of aromatic amines is 1. The van der Waals surface area contributed by atoms with Gasteiger partial charge in [0.1, 0.15) is 0 Å². The average Bonchev–Trinajstić information content (AvgIpc) is 3.11. The number of amides is 1. The lowest BCUT2D eigenvalue weighted by atomic mass is 9.81. The molecule has 152 valence electrons. The third-order valence-electron chi connectivity index (χ3n) is 5.59. The Balaban J connectivity index is 1.59. The zero-order valence-electron chi connectivity index (χ0n) is 15.3. The fourth-order valence-electron chi connectivity index (χ4n) is 4.10. The first kappa shape index (κ1) is 19.3. The highest BCUT2D eigenvalue weighted by Crippen LogP contribution is 2.49. The molecule has 1 unspecified atom stereocenters. The van der Waals surface area contributed by atoms with E-state index in [0.717, 1.165) is 5.69 Å². The smallest absolute Gasteiger partial charge is 0.376 e. The maximum atomic E-state index is 13.7. The molecule has 10 heteroatoms. The van der Waals surface area contributed by atoms with E-state index in [1.807, 2.05) is 6.07 Å². The highest BCUT2D eigenvalue weighted by atomic mass is 19.4. The van der Waals surface area contributed by atoms with Crippen molar-refractivity contribution in [3.63, 3.8) is 0 Å². The van der Waals surface area contributed by atoms with Crippen LogP contribution in [0.4, 0.5) is 24.7 Å². The van der Waals surface area contributed by atoms with Crippen molar-refractivity contribution in [2.75, 3.05) is 23.3 Å². The number of benzene rings is 1. The number of H-pyrrole nitrogens is 1. The number of piperidine rings is 1. The van der Waals surface area contributed by atoms with Crippen LogP contribution in [-0.4, -0.2) is 40.5 Å². The van der Waals surface area contributed by atoms with Gasteiger partial charge in [0.25, 0.3) is 0 Å². The number of hydrogen-bond acceptors (Lipinski definition) is 5. The minimum atomic E-state index is -5.00. The number of aromatic nitrogens is 2. The van der Waals surface area contributed by atoms with Gasteiger partial charge >= 0.3 is 6.18 Å². The summed E-state index contributed by atoms with van der Waals surface area (Å²) in [6.07, 6.45) is -5.02. The Morgan fingerprint density at radius 3 is 2.69 bits per heavy atom. The Labute approximate surface area is 164 Å². The third kappa shape index (κ3) is 3.21. The van der Waals surface area contributed by atoms with Gasteiger partial charge in [-0.1, -0.05) is 6.07 Å². The second kappa shape index (κ2) is 6.77. The molecule has 1 amide bonds. The molecule has 7 nitrogen and oxygen atoms in total. The first-order valence-electron chi connectivity index (χ1n) is 9.16. The summed E-state index contributed by atoms with van der Waals surface area (Å²) in [6.45, 7) is 1.15. The lowest BCUT2D eigenvalue weighted by Gasteiger charge is -2.37. The summed E-state index contributed by atoms with van der Waals surface area (Å²) in [4.78, 5) is 13.7. The minimum Gasteiger partial charge on any atom is -0.376 e. The quantitative estimate of drug-likeness (QED) is 0.713. The molecule has 4 rings (SSSR count). The van der Waals surface area contributed by atoms with E-state index in [0.29, 0.717) is 31.5 Å². The van der Waals surface area contributed by atoms with Crippen LogP contribution in [0.2, 0.25) is 0 Å². The standard InChI is InChI=1S/C19H18F3N5O2/c20-19(21,22)18(29)9-14(28)24-17-15(18)16(25-26-17)12-4-6-27(7-5-12)13-3-1-2-11(8-13)10-23/h1-3,8,12,29H,4-7,9H2,(H2,24,25,26,28). The van der Waals surface area contributed by atoms with Crippen molar-refractivity contribution < 1.29 is 23.1 Å². The van der Waals surface area contributed by atoms with Crippen molar-refractivity contribution in [1.82, 2.24) is 10.2 Å². The number of nitriles is 1. The molecule has 1 saturated heterocycles. The summed E-state index contributed by atoms with van der Waals surface area (Å²) in [5.74, 6) is -1.46. The van der Waals surface area contributed by atoms with Crippen LogP contribution in [0, 0.1) is 11.3 Å². The summed E-state index contributed by atoms with van der Waals surface area (Å²) >= 11 is 0. The molecule has 0 spiro atoms. The molecule has 29 heavy (non-hydrogen) atoms. The number of aliphatic hydroxyl groups is 1. The van der Waals surface area contributed by atoms with Gasteiger partial charge in [0.05, 0.1) is 23.6 Å². The summed E-state index contributed by atoms with van der Waals surface area (Å²) < 4.78 is 41.0. The SMILES string of the molecule is N#Cc1cccc(N2CCC(c3[nH]nc4c3C(O)(C(F)(F)F)CC(=O)N4)CC2)c1. The van der Waals surface area contributed by atoms with Gasteiger partial charge in [0.2, 0.25) is 5.91 Å². The third-order valence-corrected chi connectivity index (χ3v) is 5.59. The van der Waals surface area contributed by atoms with E-state index in [4.69, 9.17) is 5.26 Å². The van der Waals surface area contributed by atoms with Crippen LogP contribution in [0.15, 0.2) is 24.3 Å². The topological polar surface area (TPSA) is 105 Å². The number of anilines is 2. The lowest BCUT2D eigenvalue weighted by Crippen LogP contribution is -2.48. The van der Waals surface area contributed by atoms with Crippen LogP contribution < -0.4 is 10.2 Å². The Kier molecular flexibility index (Phi) is 4.50. The zero-order valence-corrected chi connectivity index (χ0v) is 15.3. The van der Waals surface area contributed by atoms with Crippen LogP contribution in [0.3, 0.4) is 0 Å². The van der Waals surface area contributed by atoms with Gasteiger partial charge in [-0.25, -0.2) is 0 Å². The molecule has 0 aliphatic carbocycles. The monoisotopic (exact) mass is 405 g/mol. The molecule has 2 aliphatic rings. The molecule has 0 bridgehead atoms. The molecular formula is C19H18F3N5O2. The molecular weight excluding hydrogens is 387 g/mol. The van der Waals surface area contributed by atoms with Gasteiger partial charge in [-0.05, 0) is 31.0 Å². The fourth-order valence-corrected chi connectivity index (χ4v) is 4.10. The summed E-state index contributed by atoms with van der Waals surface area (Å²) in [7, 11) is 0. The van der Waals surface area contributed by atoms with Crippen LogP contribution >= 0.6 is 0 Å². The van der Waals surface area contributed by atoms with E-state index >= 15 is 0 Å². The maximum Gasteiger partial charge on any atom is 0.422 e. The number of alkyl halides is 3. The highest BCUT2D eigenvalue weighted by Gasteiger charge is 2.61. The van der Waals surface area contributed by atoms with Gasteiger partial charge in [-0.2, -0.15) is 23.5 Å². The van der Waals surface area contributed by atoms with Gasteiger partial charge in [-0.3, -0.25) is 9.89 Å². The molecule has 1 aromatic carbocycles. The van der Waals surface area contributed by atoms with Crippen LogP contribution in [0.5, 0.6) is 0 Å². The number of halogens is 3. The molecule has 1 fully saturated rings. The van der Waals surface area contributed by atoms with Gasteiger partial charge in [0.15, 0.2) is 11.4 Å². The molecule has 2 aromatic rings. The predicted octanol–water partition coefficient (Wildman–Crippen LogP) is 2.76. The van der Waals surface area contributed by atoms with Crippen LogP contribution in [0.25, 0.3) is 0 Å². The molecule has 1 atom stereocenters. The first-order valence-corrected chi connectivity index (χ1v) is 9.16. The second-order valence-corrected chi connectivity index (χ2v) is 7.37. The van der Waals surface area contributed by atoms with E-state index in [1.165, 1.54) is 0 Å². The maximum absolute atomic E-state index is 13.7. The zero-order chi connectivity index (χ0) is 20.8. The van der Waals surface area contributed by atoms with Crippen molar-refractivity contribution in [3.05, 3.63) is 41.1 Å². The average molecular weight is 405 g/mol. The lowest BCUT2D eigenvalue weighted by molar-refractivity contribution is -0.267.